The highest BCUT2D eigenvalue weighted by Gasteiger charge is 2.27. The van der Waals surface area contributed by atoms with Crippen molar-refractivity contribution < 1.29 is 9.59 Å². The molecule has 4 rings (SSSR count). The predicted molar refractivity (Wildman–Crippen MR) is 108 cm³/mol. The minimum atomic E-state index is -0.0125. The zero-order valence-electron chi connectivity index (χ0n) is 16.1. The fourth-order valence-corrected chi connectivity index (χ4v) is 4.38. The second-order valence-corrected chi connectivity index (χ2v) is 8.41. The minimum Gasteiger partial charge on any atom is -0.371 e. The summed E-state index contributed by atoms with van der Waals surface area (Å²) >= 11 is 0. The van der Waals surface area contributed by atoms with Gasteiger partial charge in [0.25, 0.3) is 5.91 Å². The minimum absolute atomic E-state index is 0.0125. The van der Waals surface area contributed by atoms with Crippen LogP contribution in [-0.2, 0) is 4.79 Å². The predicted octanol–water partition coefficient (Wildman–Crippen LogP) is 4.09. The Bertz CT molecular complexity index is 687. The Kier molecular flexibility index (Phi) is 5.65. The first-order valence-corrected chi connectivity index (χ1v) is 10.7. The second kappa shape index (κ2) is 8.32. The van der Waals surface area contributed by atoms with Crippen LogP contribution in [0.25, 0.3) is 0 Å². The van der Waals surface area contributed by atoms with E-state index >= 15 is 0 Å². The van der Waals surface area contributed by atoms with Gasteiger partial charge < -0.3 is 15.5 Å². The molecule has 2 N–H and O–H groups in total. The van der Waals surface area contributed by atoms with E-state index in [2.05, 4.69) is 15.5 Å². The zero-order valence-corrected chi connectivity index (χ0v) is 16.1. The number of nitrogens with one attached hydrogen (secondary N) is 2. The number of nitrogens with zero attached hydrogens (tertiary/aromatic N) is 1. The van der Waals surface area contributed by atoms with Gasteiger partial charge in [0.1, 0.15) is 0 Å². The Hall–Kier alpha value is -2.04. The highest BCUT2D eigenvalue weighted by Crippen LogP contribution is 2.30. The van der Waals surface area contributed by atoms with E-state index in [1.165, 1.54) is 38.5 Å². The number of hydrogen-bond acceptors (Lipinski definition) is 3. The molecule has 27 heavy (non-hydrogen) atoms. The lowest BCUT2D eigenvalue weighted by molar-refractivity contribution is -0.116. The van der Waals surface area contributed by atoms with Crippen molar-refractivity contribution in [2.45, 2.75) is 70.3 Å². The zero-order chi connectivity index (χ0) is 18.6. The summed E-state index contributed by atoms with van der Waals surface area (Å²) in [5, 5.41) is 6.11. The Morgan fingerprint density at radius 2 is 1.74 bits per heavy atom. The molecule has 5 nitrogen and oxygen atoms in total. The SMILES string of the molecule is O=C(CCC1CCCC1)Nc1ccc(N2CCCC2)c(C(=O)NC2CC2)c1. The van der Waals surface area contributed by atoms with Crippen molar-refractivity contribution in [3.63, 3.8) is 0 Å². The van der Waals surface area contributed by atoms with E-state index in [-0.39, 0.29) is 11.8 Å². The molecule has 5 heteroatoms. The van der Waals surface area contributed by atoms with Gasteiger partial charge in [-0.3, -0.25) is 9.59 Å². The van der Waals surface area contributed by atoms with Gasteiger partial charge in [-0.15, -0.1) is 0 Å². The molecular formula is C22H31N3O2. The van der Waals surface area contributed by atoms with Crippen LogP contribution in [0.15, 0.2) is 18.2 Å². The molecule has 2 amide bonds. The van der Waals surface area contributed by atoms with Crippen molar-refractivity contribution in [3.8, 4) is 0 Å². The molecule has 2 aliphatic carbocycles. The van der Waals surface area contributed by atoms with Gasteiger partial charge >= 0.3 is 0 Å². The first kappa shape index (κ1) is 18.3. The van der Waals surface area contributed by atoms with Gasteiger partial charge in [0.2, 0.25) is 5.91 Å². The van der Waals surface area contributed by atoms with Crippen molar-refractivity contribution in [2.24, 2.45) is 5.92 Å². The third kappa shape index (κ3) is 4.82. The van der Waals surface area contributed by atoms with Crippen LogP contribution < -0.4 is 15.5 Å². The molecule has 3 fully saturated rings. The highest BCUT2D eigenvalue weighted by atomic mass is 16.2. The van der Waals surface area contributed by atoms with E-state index in [1.54, 1.807) is 0 Å². The van der Waals surface area contributed by atoms with E-state index in [0.717, 1.165) is 43.7 Å². The van der Waals surface area contributed by atoms with Crippen molar-refractivity contribution in [3.05, 3.63) is 23.8 Å². The summed E-state index contributed by atoms with van der Waals surface area (Å²) in [4.78, 5) is 27.4. The van der Waals surface area contributed by atoms with Crippen molar-refractivity contribution in [2.75, 3.05) is 23.3 Å². The van der Waals surface area contributed by atoms with Gasteiger partial charge in [0.05, 0.1) is 5.56 Å². The van der Waals surface area contributed by atoms with Crippen LogP contribution in [0.1, 0.15) is 74.6 Å². The highest BCUT2D eigenvalue weighted by molar-refractivity contribution is 6.02. The van der Waals surface area contributed by atoms with Crippen molar-refractivity contribution >= 4 is 23.2 Å². The van der Waals surface area contributed by atoms with Crippen LogP contribution in [-0.4, -0.2) is 30.9 Å². The Morgan fingerprint density at radius 3 is 2.44 bits per heavy atom. The summed E-state index contributed by atoms with van der Waals surface area (Å²) < 4.78 is 0. The number of carbonyl (C=O) groups is 2. The molecule has 1 aromatic rings. The van der Waals surface area contributed by atoms with Gasteiger partial charge in [-0.25, -0.2) is 0 Å². The molecule has 1 heterocycles. The van der Waals surface area contributed by atoms with Crippen LogP contribution in [0.2, 0.25) is 0 Å². The molecule has 0 spiro atoms. The molecule has 3 aliphatic rings. The molecule has 1 aromatic carbocycles. The van der Waals surface area contributed by atoms with Crippen LogP contribution >= 0.6 is 0 Å². The molecular weight excluding hydrogens is 338 g/mol. The van der Waals surface area contributed by atoms with E-state index < -0.39 is 0 Å². The fraction of sp³-hybridized carbons (Fsp3) is 0.636. The number of anilines is 2. The summed E-state index contributed by atoms with van der Waals surface area (Å²) in [5.74, 6) is 0.763. The Morgan fingerprint density at radius 1 is 1.00 bits per heavy atom. The quantitative estimate of drug-likeness (QED) is 0.761. The summed E-state index contributed by atoms with van der Waals surface area (Å²) in [6.45, 7) is 1.99. The van der Waals surface area contributed by atoms with E-state index in [0.29, 0.717) is 23.9 Å². The third-order valence-corrected chi connectivity index (χ3v) is 6.14. The van der Waals surface area contributed by atoms with Crippen LogP contribution in [0, 0.1) is 5.92 Å². The van der Waals surface area contributed by atoms with Gasteiger partial charge in [-0.1, -0.05) is 25.7 Å². The average molecular weight is 370 g/mol. The first-order valence-electron chi connectivity index (χ1n) is 10.7. The topological polar surface area (TPSA) is 61.4 Å². The maximum Gasteiger partial charge on any atom is 0.253 e. The van der Waals surface area contributed by atoms with Gasteiger partial charge in [0, 0.05) is 36.9 Å². The number of amides is 2. The Balaban J connectivity index is 1.43. The van der Waals surface area contributed by atoms with Crippen molar-refractivity contribution in [1.82, 2.24) is 5.32 Å². The first-order chi connectivity index (χ1) is 13.2. The number of rotatable bonds is 7. The van der Waals surface area contributed by atoms with E-state index in [4.69, 9.17) is 0 Å². The third-order valence-electron chi connectivity index (χ3n) is 6.14. The van der Waals surface area contributed by atoms with E-state index in [1.807, 2.05) is 18.2 Å². The lowest BCUT2D eigenvalue weighted by atomic mass is 10.0. The van der Waals surface area contributed by atoms with Crippen LogP contribution in [0.5, 0.6) is 0 Å². The summed E-state index contributed by atoms with van der Waals surface area (Å²) in [7, 11) is 0. The normalized spacial score (nSPS) is 20.1. The monoisotopic (exact) mass is 369 g/mol. The standard InChI is InChI=1S/C22H31N3O2/c26-21(12-7-16-5-1-2-6-16)23-18-10-11-20(25-13-3-4-14-25)19(15-18)22(27)24-17-8-9-17/h10-11,15-17H,1-9,12-14H2,(H,23,26)(H,24,27). The summed E-state index contributed by atoms with van der Waals surface area (Å²) in [6.07, 6.45) is 11.2. The van der Waals surface area contributed by atoms with Gasteiger partial charge in [-0.2, -0.15) is 0 Å². The molecule has 1 aliphatic heterocycles. The van der Waals surface area contributed by atoms with Crippen molar-refractivity contribution in [1.29, 1.82) is 0 Å². The van der Waals surface area contributed by atoms with Crippen LogP contribution in [0.4, 0.5) is 11.4 Å². The molecule has 146 valence electrons. The second-order valence-electron chi connectivity index (χ2n) is 8.41. The fourth-order valence-electron chi connectivity index (χ4n) is 4.38. The van der Waals surface area contributed by atoms with Gasteiger partial charge in [0.15, 0.2) is 0 Å². The lowest BCUT2D eigenvalue weighted by Crippen LogP contribution is -2.29. The number of benzene rings is 1. The maximum atomic E-state index is 12.8. The molecule has 2 saturated carbocycles. The number of carbonyl (C=O) groups excluding carboxylic acids is 2. The molecule has 1 saturated heterocycles. The average Bonchev–Trinajstić information content (AvgIpc) is 3.14. The van der Waals surface area contributed by atoms with E-state index in [9.17, 15) is 9.59 Å². The Labute approximate surface area is 161 Å². The number of hydrogen-bond donors (Lipinski definition) is 2. The summed E-state index contributed by atoms with van der Waals surface area (Å²) in [5.41, 5.74) is 2.42. The summed E-state index contributed by atoms with van der Waals surface area (Å²) in [6, 6.07) is 6.13. The smallest absolute Gasteiger partial charge is 0.253 e. The maximum absolute atomic E-state index is 12.8. The molecule has 0 aromatic heterocycles. The largest absolute Gasteiger partial charge is 0.371 e. The molecule has 0 atom stereocenters. The molecule has 0 radical (unpaired) electrons. The molecule has 0 bridgehead atoms. The van der Waals surface area contributed by atoms with Gasteiger partial charge in [-0.05, 0) is 56.2 Å². The lowest BCUT2D eigenvalue weighted by Gasteiger charge is -2.22. The van der Waals surface area contributed by atoms with Crippen LogP contribution in [0.3, 0.4) is 0 Å². The molecule has 0 unspecified atom stereocenters.